The van der Waals surface area contributed by atoms with Crippen LogP contribution in [0.5, 0.6) is 0 Å². The van der Waals surface area contributed by atoms with E-state index in [1.807, 2.05) is 6.08 Å². The van der Waals surface area contributed by atoms with Gasteiger partial charge >= 0.3 is 0 Å². The molecule has 0 saturated carbocycles. The molecule has 4 nitrogen and oxygen atoms in total. The van der Waals surface area contributed by atoms with E-state index in [0.29, 0.717) is 6.42 Å². The standard InChI is InChI=1S/C8H13ClN2O2S/c1-10-7-4-3-5-8(6-7,11-2)14(9,12)13/h3-5,10-11H,6H2,1-2H3. The molecule has 1 aliphatic rings. The molecule has 80 valence electrons. The highest BCUT2D eigenvalue weighted by atomic mass is 35.7. The lowest BCUT2D eigenvalue weighted by Crippen LogP contribution is -2.48. The summed E-state index contributed by atoms with van der Waals surface area (Å²) in [6.45, 7) is 0. The molecule has 2 N–H and O–H groups in total. The Bertz CT molecular complexity index is 375. The third-order valence-electron chi connectivity index (χ3n) is 2.30. The summed E-state index contributed by atoms with van der Waals surface area (Å²) in [6.07, 6.45) is 5.35. The number of allylic oxidation sites excluding steroid dienone is 2. The summed E-state index contributed by atoms with van der Waals surface area (Å²) in [6, 6.07) is 0. The van der Waals surface area contributed by atoms with E-state index in [-0.39, 0.29) is 0 Å². The zero-order chi connectivity index (χ0) is 10.8. The maximum absolute atomic E-state index is 11.4. The molecule has 0 aromatic heterocycles. The molecule has 0 aliphatic heterocycles. The van der Waals surface area contributed by atoms with Gasteiger partial charge in [0, 0.05) is 29.8 Å². The summed E-state index contributed by atoms with van der Waals surface area (Å²) in [7, 11) is 5.02. The molecule has 0 amide bonds. The van der Waals surface area contributed by atoms with Crippen molar-refractivity contribution >= 4 is 19.7 Å². The van der Waals surface area contributed by atoms with Gasteiger partial charge in [0.05, 0.1) is 0 Å². The third-order valence-corrected chi connectivity index (χ3v) is 4.48. The number of nitrogens with one attached hydrogen (secondary N) is 2. The van der Waals surface area contributed by atoms with Gasteiger partial charge in [0.25, 0.3) is 9.05 Å². The molecular formula is C8H13ClN2O2S. The minimum Gasteiger partial charge on any atom is -0.391 e. The van der Waals surface area contributed by atoms with Crippen molar-refractivity contribution in [2.24, 2.45) is 0 Å². The van der Waals surface area contributed by atoms with Gasteiger partial charge in [0.15, 0.2) is 4.87 Å². The van der Waals surface area contributed by atoms with Crippen LogP contribution >= 0.6 is 10.7 Å². The lowest BCUT2D eigenvalue weighted by Gasteiger charge is -2.29. The van der Waals surface area contributed by atoms with Crippen molar-refractivity contribution in [3.8, 4) is 0 Å². The lowest BCUT2D eigenvalue weighted by atomic mass is 10.1. The van der Waals surface area contributed by atoms with Crippen LogP contribution in [0, 0.1) is 0 Å². The first-order chi connectivity index (χ1) is 6.45. The van der Waals surface area contributed by atoms with Crippen LogP contribution in [0.4, 0.5) is 0 Å². The van der Waals surface area contributed by atoms with E-state index in [1.165, 1.54) is 0 Å². The molecule has 0 spiro atoms. The average Bonchev–Trinajstić information content (AvgIpc) is 2.16. The van der Waals surface area contributed by atoms with Crippen molar-refractivity contribution in [1.29, 1.82) is 0 Å². The molecular weight excluding hydrogens is 224 g/mol. The quantitative estimate of drug-likeness (QED) is 0.702. The van der Waals surface area contributed by atoms with Crippen molar-refractivity contribution in [3.05, 3.63) is 23.9 Å². The number of likely N-dealkylation sites (N-methyl/N-ethyl adjacent to an activating group) is 1. The first-order valence-electron chi connectivity index (χ1n) is 4.14. The van der Waals surface area contributed by atoms with Gasteiger partial charge < -0.3 is 5.32 Å². The highest BCUT2D eigenvalue weighted by molar-refractivity contribution is 8.14. The summed E-state index contributed by atoms with van der Waals surface area (Å²) in [5.41, 5.74) is 0.825. The Labute approximate surface area is 88.4 Å². The molecule has 0 radical (unpaired) electrons. The molecule has 1 rings (SSSR count). The van der Waals surface area contributed by atoms with Crippen molar-refractivity contribution in [1.82, 2.24) is 10.6 Å². The molecule has 0 aromatic rings. The molecule has 0 fully saturated rings. The molecule has 0 saturated heterocycles. The number of halogens is 1. The molecule has 1 unspecified atom stereocenters. The van der Waals surface area contributed by atoms with Crippen LogP contribution in [-0.4, -0.2) is 27.4 Å². The van der Waals surface area contributed by atoms with Gasteiger partial charge in [-0.1, -0.05) is 6.08 Å². The first kappa shape index (κ1) is 11.6. The zero-order valence-corrected chi connectivity index (χ0v) is 9.61. The highest BCUT2D eigenvalue weighted by Crippen LogP contribution is 2.29. The van der Waals surface area contributed by atoms with Gasteiger partial charge in [-0.15, -0.1) is 0 Å². The van der Waals surface area contributed by atoms with Crippen LogP contribution in [0.25, 0.3) is 0 Å². The van der Waals surface area contributed by atoms with E-state index in [0.717, 1.165) is 5.70 Å². The normalized spacial score (nSPS) is 27.2. The van der Waals surface area contributed by atoms with E-state index < -0.39 is 13.9 Å². The van der Waals surface area contributed by atoms with Gasteiger partial charge in [-0.05, 0) is 19.2 Å². The van der Waals surface area contributed by atoms with Crippen molar-refractivity contribution in [2.45, 2.75) is 11.3 Å². The maximum Gasteiger partial charge on any atom is 0.255 e. The van der Waals surface area contributed by atoms with Crippen LogP contribution in [-0.2, 0) is 9.05 Å². The number of hydrogen-bond acceptors (Lipinski definition) is 4. The average molecular weight is 237 g/mol. The molecule has 1 atom stereocenters. The highest BCUT2D eigenvalue weighted by Gasteiger charge is 2.40. The second kappa shape index (κ2) is 3.92. The minimum atomic E-state index is -3.69. The van der Waals surface area contributed by atoms with Gasteiger partial charge in [0.1, 0.15) is 0 Å². The van der Waals surface area contributed by atoms with E-state index >= 15 is 0 Å². The van der Waals surface area contributed by atoms with E-state index in [4.69, 9.17) is 10.7 Å². The molecule has 0 heterocycles. The van der Waals surface area contributed by atoms with Crippen molar-refractivity contribution < 1.29 is 8.42 Å². The van der Waals surface area contributed by atoms with Gasteiger partial charge in [-0.2, -0.15) is 0 Å². The summed E-state index contributed by atoms with van der Waals surface area (Å²) < 4.78 is 22.8. The van der Waals surface area contributed by atoms with Gasteiger partial charge in [0.2, 0.25) is 0 Å². The Hall–Kier alpha value is -0.520. The fraction of sp³-hybridized carbons (Fsp3) is 0.500. The number of rotatable bonds is 3. The molecule has 1 aliphatic carbocycles. The van der Waals surface area contributed by atoms with E-state index in [2.05, 4.69) is 10.6 Å². The topological polar surface area (TPSA) is 58.2 Å². The Kier molecular flexibility index (Phi) is 3.24. The Balaban J connectivity index is 3.08. The predicted octanol–water partition coefficient (Wildman–Crippen LogP) is 0.534. The largest absolute Gasteiger partial charge is 0.391 e. The second-order valence-corrected chi connectivity index (χ2v) is 5.88. The van der Waals surface area contributed by atoms with Crippen molar-refractivity contribution in [3.63, 3.8) is 0 Å². The molecule has 0 aromatic carbocycles. The van der Waals surface area contributed by atoms with Crippen LogP contribution in [0.15, 0.2) is 23.9 Å². The van der Waals surface area contributed by atoms with Gasteiger partial charge in [-0.3, -0.25) is 5.32 Å². The predicted molar refractivity (Wildman–Crippen MR) is 57.5 cm³/mol. The third kappa shape index (κ3) is 1.94. The lowest BCUT2D eigenvalue weighted by molar-refractivity contribution is 0.515. The fourth-order valence-corrected chi connectivity index (χ4v) is 2.72. The minimum absolute atomic E-state index is 0.308. The smallest absolute Gasteiger partial charge is 0.255 e. The summed E-state index contributed by atoms with van der Waals surface area (Å²) >= 11 is 0. The monoisotopic (exact) mass is 236 g/mol. The number of hydrogen-bond donors (Lipinski definition) is 2. The van der Waals surface area contributed by atoms with Crippen LogP contribution < -0.4 is 10.6 Å². The first-order valence-corrected chi connectivity index (χ1v) is 6.45. The van der Waals surface area contributed by atoms with Crippen LogP contribution in [0.3, 0.4) is 0 Å². The Morgan fingerprint density at radius 1 is 1.50 bits per heavy atom. The zero-order valence-electron chi connectivity index (χ0n) is 8.04. The fourth-order valence-electron chi connectivity index (χ4n) is 1.35. The summed E-state index contributed by atoms with van der Waals surface area (Å²) in [5, 5.41) is 5.65. The second-order valence-electron chi connectivity index (χ2n) is 3.06. The van der Waals surface area contributed by atoms with Crippen molar-refractivity contribution in [2.75, 3.05) is 14.1 Å². The maximum atomic E-state index is 11.4. The Morgan fingerprint density at radius 2 is 2.14 bits per heavy atom. The Morgan fingerprint density at radius 3 is 2.57 bits per heavy atom. The van der Waals surface area contributed by atoms with E-state index in [1.54, 1.807) is 26.2 Å². The molecule has 14 heavy (non-hydrogen) atoms. The van der Waals surface area contributed by atoms with Crippen LogP contribution in [0.1, 0.15) is 6.42 Å². The SMILES string of the molecule is CNC1=CC=CC(NC)(S(=O)(=O)Cl)C1. The van der Waals surface area contributed by atoms with Gasteiger partial charge in [-0.25, -0.2) is 8.42 Å². The molecule has 0 bridgehead atoms. The summed E-state index contributed by atoms with van der Waals surface area (Å²) in [4.78, 5) is -1.19. The summed E-state index contributed by atoms with van der Waals surface area (Å²) in [5.74, 6) is 0. The van der Waals surface area contributed by atoms with E-state index in [9.17, 15) is 8.42 Å². The van der Waals surface area contributed by atoms with Crippen LogP contribution in [0.2, 0.25) is 0 Å². The molecule has 6 heteroatoms.